The van der Waals surface area contributed by atoms with Crippen LogP contribution < -0.4 is 0 Å². The van der Waals surface area contributed by atoms with Gasteiger partial charge in [-0.25, -0.2) is 0 Å². The molecular formula is C14H19O4PS. The molecule has 0 saturated heterocycles. The highest BCUT2D eigenvalue weighted by Crippen LogP contribution is 2.32. The summed E-state index contributed by atoms with van der Waals surface area (Å²) < 4.78 is 5.73. The first-order valence-corrected chi connectivity index (χ1v) is 8.47. The number of methoxy groups -OCH3 is 1. The van der Waals surface area contributed by atoms with Crippen molar-refractivity contribution >= 4 is 36.1 Å². The number of aldehydes is 1. The molecule has 0 unspecified atom stereocenters. The van der Waals surface area contributed by atoms with Crippen molar-refractivity contribution in [2.75, 3.05) is 13.7 Å². The minimum atomic E-state index is -1.90. The minimum absolute atomic E-state index is 0.275. The smallest absolute Gasteiger partial charge is 0.169 e. The second-order valence-electron chi connectivity index (χ2n) is 4.16. The summed E-state index contributed by atoms with van der Waals surface area (Å²) in [5.41, 5.74) is 0.883. The van der Waals surface area contributed by atoms with Gasteiger partial charge in [0.05, 0.1) is 4.88 Å². The Morgan fingerprint density at radius 2 is 2.10 bits per heavy atom. The Morgan fingerprint density at radius 3 is 2.60 bits per heavy atom. The molecule has 1 aromatic carbocycles. The molecule has 2 aromatic rings. The van der Waals surface area contributed by atoms with Crippen LogP contribution in [0.5, 0.6) is 0 Å². The third kappa shape index (κ3) is 5.65. The molecule has 0 radical (unpaired) electrons. The van der Waals surface area contributed by atoms with Crippen LogP contribution >= 0.6 is 19.7 Å². The lowest BCUT2D eigenvalue weighted by atomic mass is 10.2. The fourth-order valence-corrected chi connectivity index (χ4v) is 3.02. The first kappa shape index (κ1) is 17.2. The zero-order chi connectivity index (χ0) is 15.0. The molecule has 0 amide bonds. The summed E-state index contributed by atoms with van der Waals surface area (Å²) in [5, 5.41) is 0.983. The van der Waals surface area contributed by atoms with Crippen LogP contribution in [0.1, 0.15) is 28.6 Å². The molecular weight excluding hydrogens is 295 g/mol. The van der Waals surface area contributed by atoms with E-state index in [4.69, 9.17) is 14.5 Å². The van der Waals surface area contributed by atoms with E-state index in [-0.39, 0.29) is 6.16 Å². The van der Waals surface area contributed by atoms with Crippen LogP contribution in [0, 0.1) is 0 Å². The summed E-state index contributed by atoms with van der Waals surface area (Å²) in [5.74, 6) is 0. The molecule has 1 heterocycles. The van der Waals surface area contributed by atoms with Crippen molar-refractivity contribution in [1.29, 1.82) is 0 Å². The van der Waals surface area contributed by atoms with E-state index in [1.165, 1.54) is 11.3 Å². The molecule has 0 saturated carbocycles. The van der Waals surface area contributed by atoms with Gasteiger partial charge in [0.2, 0.25) is 0 Å². The summed E-state index contributed by atoms with van der Waals surface area (Å²) in [7, 11) is -0.183. The van der Waals surface area contributed by atoms with Gasteiger partial charge in [-0.1, -0.05) is 13.0 Å². The van der Waals surface area contributed by atoms with Gasteiger partial charge in [0.1, 0.15) is 0 Å². The van der Waals surface area contributed by atoms with E-state index in [2.05, 4.69) is 6.92 Å². The van der Waals surface area contributed by atoms with E-state index >= 15 is 0 Å². The average Bonchev–Trinajstić information content (AvgIpc) is 2.82. The van der Waals surface area contributed by atoms with Gasteiger partial charge in [-0.05, 0) is 35.6 Å². The molecule has 20 heavy (non-hydrogen) atoms. The van der Waals surface area contributed by atoms with Crippen molar-refractivity contribution in [3.8, 4) is 0 Å². The highest BCUT2D eigenvalue weighted by molar-refractivity contribution is 7.44. The Kier molecular flexibility index (Phi) is 7.88. The van der Waals surface area contributed by atoms with Crippen molar-refractivity contribution in [3.63, 3.8) is 0 Å². The van der Waals surface area contributed by atoms with Crippen LogP contribution in [-0.2, 0) is 10.9 Å². The molecule has 0 aliphatic rings. The summed E-state index contributed by atoms with van der Waals surface area (Å²) in [6, 6.07) is 7.46. The number of carbonyl (C=O) groups excluding carboxylic acids is 1. The molecule has 0 aliphatic heterocycles. The van der Waals surface area contributed by atoms with Gasteiger partial charge >= 0.3 is 0 Å². The number of rotatable bonds is 5. The second kappa shape index (κ2) is 9.16. The van der Waals surface area contributed by atoms with E-state index in [1.807, 2.05) is 24.3 Å². The molecule has 2 N–H and O–H groups in total. The van der Waals surface area contributed by atoms with Gasteiger partial charge in [0, 0.05) is 24.6 Å². The van der Waals surface area contributed by atoms with E-state index in [0.29, 0.717) is 4.88 Å². The third-order valence-corrected chi connectivity index (χ3v) is 4.14. The SMILES string of the molecule is CCCOC.O=Cc1cc2cc(CP(O)O)ccc2s1. The van der Waals surface area contributed by atoms with Crippen molar-refractivity contribution < 1.29 is 19.3 Å². The van der Waals surface area contributed by atoms with Crippen molar-refractivity contribution in [2.45, 2.75) is 19.5 Å². The molecule has 0 bridgehead atoms. The molecule has 4 nitrogen and oxygen atoms in total. The fourth-order valence-electron chi connectivity index (χ4n) is 1.64. The molecule has 2 rings (SSSR count). The maximum Gasteiger partial charge on any atom is 0.169 e. The first-order chi connectivity index (χ1) is 9.60. The van der Waals surface area contributed by atoms with Crippen molar-refractivity contribution in [1.82, 2.24) is 0 Å². The molecule has 110 valence electrons. The number of benzene rings is 1. The summed E-state index contributed by atoms with van der Waals surface area (Å²) in [4.78, 5) is 29.1. The molecule has 0 atom stereocenters. The van der Waals surface area contributed by atoms with Crippen molar-refractivity contribution in [3.05, 3.63) is 34.7 Å². The van der Waals surface area contributed by atoms with Gasteiger partial charge in [-0.15, -0.1) is 11.3 Å². The maximum absolute atomic E-state index is 10.6. The third-order valence-electron chi connectivity index (χ3n) is 2.45. The van der Waals surface area contributed by atoms with Crippen molar-refractivity contribution in [2.24, 2.45) is 0 Å². The Hall–Kier alpha value is -0.840. The zero-order valence-electron chi connectivity index (χ0n) is 11.6. The number of thiophene rings is 1. The second-order valence-corrected chi connectivity index (χ2v) is 6.34. The van der Waals surface area contributed by atoms with Crippen LogP contribution in [0.15, 0.2) is 24.3 Å². The van der Waals surface area contributed by atoms with Crippen LogP contribution in [0.2, 0.25) is 0 Å². The lowest BCUT2D eigenvalue weighted by Crippen LogP contribution is -1.81. The molecule has 0 fully saturated rings. The van der Waals surface area contributed by atoms with E-state index in [9.17, 15) is 4.79 Å². The van der Waals surface area contributed by atoms with Gasteiger partial charge in [0.25, 0.3) is 0 Å². The number of ether oxygens (including phenoxy) is 1. The van der Waals surface area contributed by atoms with Crippen LogP contribution in [0.25, 0.3) is 10.1 Å². The van der Waals surface area contributed by atoms with E-state index < -0.39 is 8.38 Å². The Morgan fingerprint density at radius 1 is 1.35 bits per heavy atom. The number of fused-ring (bicyclic) bond motifs is 1. The Labute approximate surface area is 123 Å². The number of hydrogen-bond donors (Lipinski definition) is 2. The topological polar surface area (TPSA) is 66.8 Å². The normalized spacial score (nSPS) is 10.4. The number of carbonyl (C=O) groups is 1. The van der Waals surface area contributed by atoms with Gasteiger partial charge in [-0.2, -0.15) is 0 Å². The monoisotopic (exact) mass is 314 g/mol. The average molecular weight is 314 g/mol. The Bertz CT molecular complexity index is 537. The lowest BCUT2D eigenvalue weighted by Gasteiger charge is -2.01. The predicted octanol–water partition coefficient (Wildman–Crippen LogP) is 3.55. The molecule has 1 aromatic heterocycles. The van der Waals surface area contributed by atoms with Crippen LogP contribution in [0.3, 0.4) is 0 Å². The van der Waals surface area contributed by atoms with Crippen LogP contribution in [0.4, 0.5) is 0 Å². The molecule has 6 heteroatoms. The maximum atomic E-state index is 10.6. The molecule has 0 aliphatic carbocycles. The van der Waals surface area contributed by atoms with Gasteiger partial charge in [0.15, 0.2) is 14.7 Å². The summed E-state index contributed by atoms with van der Waals surface area (Å²) >= 11 is 1.44. The Balaban J connectivity index is 0.000000347. The van der Waals surface area contributed by atoms with Gasteiger partial charge < -0.3 is 14.5 Å². The number of hydrogen-bond acceptors (Lipinski definition) is 5. The highest BCUT2D eigenvalue weighted by atomic mass is 32.1. The first-order valence-electron chi connectivity index (χ1n) is 6.22. The van der Waals surface area contributed by atoms with Gasteiger partial charge in [-0.3, -0.25) is 4.79 Å². The predicted molar refractivity (Wildman–Crippen MR) is 84.4 cm³/mol. The summed E-state index contributed by atoms with van der Waals surface area (Å²) in [6.07, 6.45) is 2.23. The minimum Gasteiger partial charge on any atom is -0.385 e. The molecule has 0 spiro atoms. The van der Waals surface area contributed by atoms with Crippen LogP contribution in [-0.4, -0.2) is 29.8 Å². The van der Waals surface area contributed by atoms with E-state index in [0.717, 1.165) is 35.0 Å². The standard InChI is InChI=1S/C10H9O3PS.C4H10O/c11-5-9-4-8-3-7(6-14(12)13)1-2-10(8)15-9;1-3-4-5-2/h1-5,12-13H,6H2;3-4H2,1-2H3. The fraction of sp³-hybridized carbons (Fsp3) is 0.357. The summed E-state index contributed by atoms with van der Waals surface area (Å²) in [6.45, 7) is 2.98. The highest BCUT2D eigenvalue weighted by Gasteiger charge is 2.05. The largest absolute Gasteiger partial charge is 0.385 e. The van der Waals surface area contributed by atoms with E-state index in [1.54, 1.807) is 7.11 Å². The quantitative estimate of drug-likeness (QED) is 0.654. The lowest BCUT2D eigenvalue weighted by molar-refractivity contribution is 0.112. The zero-order valence-corrected chi connectivity index (χ0v) is 13.3.